The Balaban J connectivity index is 1.43. The summed E-state index contributed by atoms with van der Waals surface area (Å²) in [6.07, 6.45) is 0. The quantitative estimate of drug-likeness (QED) is 0.387. The zero-order valence-electron chi connectivity index (χ0n) is 20.3. The summed E-state index contributed by atoms with van der Waals surface area (Å²) in [4.78, 5) is 34.2. The minimum Gasteiger partial charge on any atom is -0.368 e. The van der Waals surface area contributed by atoms with Crippen molar-refractivity contribution in [2.24, 2.45) is 0 Å². The molecule has 2 amide bonds. The smallest absolute Gasteiger partial charge is 0.254 e. The normalized spacial score (nSPS) is 13.6. The van der Waals surface area contributed by atoms with E-state index in [1.54, 1.807) is 0 Å². The van der Waals surface area contributed by atoms with Gasteiger partial charge in [0.25, 0.3) is 5.91 Å². The number of fused-ring (bicyclic) bond motifs is 1. The average molecular weight is 499 g/mol. The predicted molar refractivity (Wildman–Crippen MR) is 146 cm³/mol. The second-order valence-electron chi connectivity index (χ2n) is 9.09. The zero-order valence-corrected chi connectivity index (χ0v) is 21.0. The van der Waals surface area contributed by atoms with Crippen molar-refractivity contribution >= 4 is 45.7 Å². The molecule has 0 bridgehead atoms. The summed E-state index contributed by atoms with van der Waals surface area (Å²) in [5.41, 5.74) is 5.96. The van der Waals surface area contributed by atoms with Crippen molar-refractivity contribution < 1.29 is 9.59 Å². The van der Waals surface area contributed by atoms with Gasteiger partial charge < -0.3 is 15.1 Å². The monoisotopic (exact) mass is 498 g/mol. The van der Waals surface area contributed by atoms with Gasteiger partial charge in [-0.2, -0.15) is 0 Å². The van der Waals surface area contributed by atoms with Crippen LogP contribution in [0.2, 0.25) is 5.02 Å². The van der Waals surface area contributed by atoms with Gasteiger partial charge in [0.1, 0.15) is 0 Å². The number of benzene rings is 3. The maximum absolute atomic E-state index is 13.8. The van der Waals surface area contributed by atoms with Gasteiger partial charge in [-0.15, -0.1) is 0 Å². The number of nitrogens with one attached hydrogen (secondary N) is 1. The summed E-state index contributed by atoms with van der Waals surface area (Å²) in [6.45, 7) is 6.29. The number of nitrogens with zero attached hydrogens (tertiary/aromatic N) is 3. The van der Waals surface area contributed by atoms with Gasteiger partial charge in [-0.3, -0.25) is 9.59 Å². The molecule has 1 aliphatic heterocycles. The van der Waals surface area contributed by atoms with Crippen molar-refractivity contribution in [3.05, 3.63) is 88.9 Å². The van der Waals surface area contributed by atoms with Crippen LogP contribution < -0.4 is 10.2 Å². The lowest BCUT2D eigenvalue weighted by molar-refractivity contribution is -0.114. The van der Waals surface area contributed by atoms with E-state index >= 15 is 0 Å². The van der Waals surface area contributed by atoms with E-state index in [4.69, 9.17) is 16.6 Å². The van der Waals surface area contributed by atoms with Gasteiger partial charge in [0.15, 0.2) is 0 Å². The Morgan fingerprint density at radius 3 is 2.25 bits per heavy atom. The Morgan fingerprint density at radius 2 is 1.58 bits per heavy atom. The summed E-state index contributed by atoms with van der Waals surface area (Å²) in [5.74, 6) is -0.106. The van der Waals surface area contributed by atoms with Crippen LogP contribution in [0.3, 0.4) is 0 Å². The third-order valence-electron chi connectivity index (χ3n) is 6.45. The number of hydrogen-bond donors (Lipinski definition) is 1. The van der Waals surface area contributed by atoms with Crippen LogP contribution in [-0.2, 0) is 4.79 Å². The van der Waals surface area contributed by atoms with Crippen LogP contribution >= 0.6 is 11.6 Å². The summed E-state index contributed by atoms with van der Waals surface area (Å²) in [5, 5.41) is 4.36. The van der Waals surface area contributed by atoms with E-state index in [0.717, 1.165) is 52.2 Å². The Kier molecular flexibility index (Phi) is 6.61. The van der Waals surface area contributed by atoms with Crippen molar-refractivity contribution in [2.45, 2.75) is 13.8 Å². The highest BCUT2D eigenvalue weighted by Gasteiger charge is 2.24. The predicted octanol–water partition coefficient (Wildman–Crippen LogP) is 5.78. The summed E-state index contributed by atoms with van der Waals surface area (Å²) >= 11 is 6.03. The maximum atomic E-state index is 13.8. The summed E-state index contributed by atoms with van der Waals surface area (Å²) < 4.78 is 0. The van der Waals surface area contributed by atoms with Crippen LogP contribution in [0.5, 0.6) is 0 Å². The third-order valence-corrected chi connectivity index (χ3v) is 6.71. The molecule has 0 unspecified atom stereocenters. The molecule has 0 aliphatic carbocycles. The molecule has 0 spiro atoms. The number of aryl methyl sites for hydroxylation is 1. The van der Waals surface area contributed by atoms with Crippen LogP contribution in [-0.4, -0.2) is 47.9 Å². The fourth-order valence-electron chi connectivity index (χ4n) is 4.58. The van der Waals surface area contributed by atoms with E-state index in [1.807, 2.05) is 84.6 Å². The van der Waals surface area contributed by atoms with Gasteiger partial charge in [-0.1, -0.05) is 35.4 Å². The van der Waals surface area contributed by atoms with E-state index in [0.29, 0.717) is 23.7 Å². The molecule has 1 saturated heterocycles. The highest BCUT2D eigenvalue weighted by atomic mass is 35.5. The highest BCUT2D eigenvalue weighted by Crippen LogP contribution is 2.28. The molecule has 0 radical (unpaired) electrons. The molecule has 36 heavy (non-hydrogen) atoms. The minimum absolute atomic E-state index is 0.0138. The van der Waals surface area contributed by atoms with Gasteiger partial charge >= 0.3 is 0 Å². The minimum atomic E-state index is -0.119. The first-order valence-corrected chi connectivity index (χ1v) is 12.3. The number of piperazine rings is 1. The van der Waals surface area contributed by atoms with Crippen molar-refractivity contribution in [2.75, 3.05) is 36.4 Å². The average Bonchev–Trinajstić information content (AvgIpc) is 2.88. The standard InChI is InChI=1S/C29H27ClN4O2/c1-19-3-12-27-25(17-19)26(18-28(32-27)21-4-8-23(9-5-21)31-20(2)35)29(36)34-15-13-33(14-16-34)24-10-6-22(30)7-11-24/h3-12,17-18H,13-16H2,1-2H3,(H,31,35). The van der Waals surface area contributed by atoms with Crippen LogP contribution in [0.4, 0.5) is 11.4 Å². The molecule has 0 atom stereocenters. The first kappa shape index (κ1) is 23.8. The van der Waals surface area contributed by atoms with Crippen molar-refractivity contribution in [3.63, 3.8) is 0 Å². The number of aromatic nitrogens is 1. The molecule has 1 aromatic heterocycles. The van der Waals surface area contributed by atoms with Crippen LogP contribution in [0, 0.1) is 6.92 Å². The molecule has 182 valence electrons. The molecule has 5 rings (SSSR count). The van der Waals surface area contributed by atoms with Gasteiger partial charge in [0, 0.05) is 60.4 Å². The van der Waals surface area contributed by atoms with Crippen LogP contribution in [0.15, 0.2) is 72.8 Å². The molecular formula is C29H27ClN4O2. The Bertz CT molecular complexity index is 1430. The first-order valence-electron chi connectivity index (χ1n) is 12.0. The van der Waals surface area contributed by atoms with E-state index in [2.05, 4.69) is 10.2 Å². The van der Waals surface area contributed by atoms with E-state index in [1.165, 1.54) is 6.92 Å². The maximum Gasteiger partial charge on any atom is 0.254 e. The van der Waals surface area contributed by atoms with Crippen molar-refractivity contribution in [3.8, 4) is 11.3 Å². The Morgan fingerprint density at radius 1 is 0.889 bits per heavy atom. The molecule has 0 saturated carbocycles. The summed E-state index contributed by atoms with van der Waals surface area (Å²) in [6, 6.07) is 23.2. The lowest BCUT2D eigenvalue weighted by Crippen LogP contribution is -2.48. The number of carbonyl (C=O) groups excluding carboxylic acids is 2. The summed E-state index contributed by atoms with van der Waals surface area (Å²) in [7, 11) is 0. The number of amides is 2. The fraction of sp³-hybridized carbons (Fsp3) is 0.207. The van der Waals surface area contributed by atoms with Crippen molar-refractivity contribution in [1.82, 2.24) is 9.88 Å². The molecule has 2 heterocycles. The third kappa shape index (κ3) is 5.04. The molecular weight excluding hydrogens is 472 g/mol. The molecule has 1 fully saturated rings. The molecule has 3 aromatic carbocycles. The van der Waals surface area contributed by atoms with Gasteiger partial charge in [0.2, 0.25) is 5.91 Å². The SMILES string of the molecule is CC(=O)Nc1ccc(-c2cc(C(=O)N3CCN(c4ccc(Cl)cc4)CC3)c3cc(C)ccc3n2)cc1. The first-order chi connectivity index (χ1) is 17.4. The Hall–Kier alpha value is -3.90. The number of hydrogen-bond acceptors (Lipinski definition) is 4. The van der Waals surface area contributed by atoms with E-state index in [-0.39, 0.29) is 11.8 Å². The number of pyridine rings is 1. The number of carbonyl (C=O) groups is 2. The number of anilines is 2. The van der Waals surface area contributed by atoms with E-state index < -0.39 is 0 Å². The number of halogens is 1. The lowest BCUT2D eigenvalue weighted by Gasteiger charge is -2.36. The van der Waals surface area contributed by atoms with Gasteiger partial charge in [-0.25, -0.2) is 4.98 Å². The molecule has 6 nitrogen and oxygen atoms in total. The Labute approximate surface area is 215 Å². The lowest BCUT2D eigenvalue weighted by atomic mass is 10.0. The molecule has 4 aromatic rings. The molecule has 1 aliphatic rings. The van der Waals surface area contributed by atoms with Gasteiger partial charge in [-0.05, 0) is 61.5 Å². The van der Waals surface area contributed by atoms with Crippen LogP contribution in [0.25, 0.3) is 22.2 Å². The van der Waals surface area contributed by atoms with Gasteiger partial charge in [0.05, 0.1) is 16.8 Å². The second-order valence-corrected chi connectivity index (χ2v) is 9.53. The molecule has 1 N–H and O–H groups in total. The topological polar surface area (TPSA) is 65.5 Å². The van der Waals surface area contributed by atoms with Crippen LogP contribution in [0.1, 0.15) is 22.8 Å². The molecule has 7 heteroatoms. The fourth-order valence-corrected chi connectivity index (χ4v) is 4.71. The number of rotatable bonds is 4. The second kappa shape index (κ2) is 9.99. The highest BCUT2D eigenvalue weighted by molar-refractivity contribution is 6.30. The largest absolute Gasteiger partial charge is 0.368 e. The van der Waals surface area contributed by atoms with Crippen molar-refractivity contribution in [1.29, 1.82) is 0 Å². The zero-order chi connectivity index (χ0) is 25.2. The van der Waals surface area contributed by atoms with E-state index in [9.17, 15) is 9.59 Å².